The second-order valence-corrected chi connectivity index (χ2v) is 2.93. The van der Waals surface area contributed by atoms with Gasteiger partial charge in [0.15, 0.2) is 0 Å². The maximum atomic E-state index is 12.2. The normalized spacial score (nSPS) is 14.1. The van der Waals surface area contributed by atoms with E-state index >= 15 is 0 Å². The topological polar surface area (TPSA) is 39.2 Å². The molecular formula is C9H10F3NO. The first-order valence-corrected chi connectivity index (χ1v) is 3.89. The molecule has 1 aromatic rings. The van der Waals surface area contributed by atoms with Crippen LogP contribution in [0.5, 0.6) is 0 Å². The highest BCUT2D eigenvalue weighted by molar-refractivity contribution is 5.29. The summed E-state index contributed by atoms with van der Waals surface area (Å²) in [6.45, 7) is 4.49. The van der Waals surface area contributed by atoms with Gasteiger partial charge in [0, 0.05) is 11.1 Å². The summed E-state index contributed by atoms with van der Waals surface area (Å²) in [7, 11) is 0. The Morgan fingerprint density at radius 1 is 1.57 bits per heavy atom. The number of aryl methyl sites for hydroxylation is 1. The van der Waals surface area contributed by atoms with Crippen LogP contribution in [0.3, 0.4) is 0 Å². The summed E-state index contributed by atoms with van der Waals surface area (Å²) in [5.41, 5.74) is 4.73. The lowest BCUT2D eigenvalue weighted by Crippen LogP contribution is -2.23. The van der Waals surface area contributed by atoms with Crippen molar-refractivity contribution in [3.8, 4) is 0 Å². The summed E-state index contributed by atoms with van der Waals surface area (Å²) in [4.78, 5) is 0. The van der Waals surface area contributed by atoms with Crippen molar-refractivity contribution in [3.05, 3.63) is 35.8 Å². The smallest absolute Gasteiger partial charge is 0.413 e. The summed E-state index contributed by atoms with van der Waals surface area (Å²) < 4.78 is 41.5. The van der Waals surface area contributed by atoms with Gasteiger partial charge in [-0.2, -0.15) is 13.2 Å². The maximum Gasteiger partial charge on any atom is 0.413 e. The average Bonchev–Trinajstić information content (AvgIpc) is 2.47. The molecule has 78 valence electrons. The van der Waals surface area contributed by atoms with Gasteiger partial charge in [-0.25, -0.2) is 0 Å². The summed E-state index contributed by atoms with van der Waals surface area (Å²) in [6.07, 6.45) is -3.17. The molecule has 2 N–H and O–H groups in total. The highest BCUT2D eigenvalue weighted by atomic mass is 19.4. The molecular weight excluding hydrogens is 195 g/mol. The summed E-state index contributed by atoms with van der Waals surface area (Å²) in [5, 5.41) is 0. The molecule has 1 atom stereocenters. The van der Waals surface area contributed by atoms with Gasteiger partial charge >= 0.3 is 6.18 Å². The van der Waals surface area contributed by atoms with E-state index in [1.165, 1.54) is 12.3 Å². The van der Waals surface area contributed by atoms with Gasteiger partial charge in [0.25, 0.3) is 0 Å². The van der Waals surface area contributed by atoms with Crippen LogP contribution in [0.2, 0.25) is 0 Å². The van der Waals surface area contributed by atoms with Crippen LogP contribution >= 0.6 is 0 Å². The Balaban J connectivity index is 2.92. The molecule has 0 spiro atoms. The molecule has 0 aromatic carbocycles. The molecule has 0 radical (unpaired) electrons. The summed E-state index contributed by atoms with van der Waals surface area (Å²) in [6, 6.07) is 0.158. The third kappa shape index (κ3) is 1.98. The van der Waals surface area contributed by atoms with Crippen molar-refractivity contribution in [1.29, 1.82) is 0 Å². The van der Waals surface area contributed by atoms with Crippen molar-refractivity contribution >= 4 is 0 Å². The van der Waals surface area contributed by atoms with Crippen LogP contribution in [-0.2, 0) is 0 Å². The molecule has 0 aliphatic carbocycles. The number of nitrogens with two attached hydrogens (primary N) is 1. The zero-order valence-electron chi connectivity index (χ0n) is 7.56. The zero-order chi connectivity index (χ0) is 10.9. The first-order valence-electron chi connectivity index (χ1n) is 3.89. The minimum absolute atomic E-state index is 0.312. The van der Waals surface area contributed by atoms with Crippen molar-refractivity contribution in [2.75, 3.05) is 0 Å². The molecule has 0 amide bonds. The van der Waals surface area contributed by atoms with Crippen molar-refractivity contribution in [2.45, 2.75) is 19.1 Å². The lowest BCUT2D eigenvalue weighted by atomic mass is 10.0. The number of alkyl halides is 3. The van der Waals surface area contributed by atoms with E-state index < -0.39 is 17.8 Å². The number of rotatable bonds is 2. The number of hydrogen-bond donors (Lipinski definition) is 1. The van der Waals surface area contributed by atoms with Gasteiger partial charge in [-0.3, -0.25) is 0 Å². The van der Waals surface area contributed by atoms with Crippen molar-refractivity contribution < 1.29 is 17.6 Å². The zero-order valence-corrected chi connectivity index (χ0v) is 7.56. The van der Waals surface area contributed by atoms with Gasteiger partial charge in [-0.1, -0.05) is 6.58 Å². The Morgan fingerprint density at radius 3 is 2.50 bits per heavy atom. The minimum atomic E-state index is -4.47. The Labute approximate surface area is 79.2 Å². The Hall–Kier alpha value is -1.23. The monoisotopic (exact) mass is 205 g/mol. The van der Waals surface area contributed by atoms with E-state index in [1.807, 2.05) is 0 Å². The predicted molar refractivity (Wildman–Crippen MR) is 45.6 cm³/mol. The van der Waals surface area contributed by atoms with Crippen LogP contribution in [0.1, 0.15) is 17.4 Å². The molecule has 0 fully saturated rings. The standard InChI is InChI=1S/C9H10F3NO/c1-5(9(10,11)12)8(13)7-3-4-14-6(7)2/h3-4,8H,1,13H2,2H3. The number of furan rings is 1. The summed E-state index contributed by atoms with van der Waals surface area (Å²) in [5.74, 6) is 0.378. The molecule has 1 unspecified atom stereocenters. The Kier molecular flexibility index (Phi) is 2.71. The fourth-order valence-electron chi connectivity index (χ4n) is 1.08. The SMILES string of the molecule is C=C(C(N)c1ccoc1C)C(F)(F)F. The van der Waals surface area contributed by atoms with Crippen molar-refractivity contribution in [2.24, 2.45) is 5.73 Å². The quantitative estimate of drug-likeness (QED) is 0.754. The van der Waals surface area contributed by atoms with Crippen LogP contribution in [0.25, 0.3) is 0 Å². The molecule has 2 nitrogen and oxygen atoms in total. The van der Waals surface area contributed by atoms with Crippen LogP contribution in [0, 0.1) is 6.92 Å². The average molecular weight is 205 g/mol. The highest BCUT2D eigenvalue weighted by Gasteiger charge is 2.36. The molecule has 5 heteroatoms. The first kappa shape index (κ1) is 10.8. The van der Waals surface area contributed by atoms with E-state index in [1.54, 1.807) is 6.92 Å². The molecule has 0 saturated carbocycles. The largest absolute Gasteiger partial charge is 0.469 e. The minimum Gasteiger partial charge on any atom is -0.469 e. The third-order valence-corrected chi connectivity index (χ3v) is 1.97. The highest BCUT2D eigenvalue weighted by Crippen LogP contribution is 2.33. The fraction of sp³-hybridized carbons (Fsp3) is 0.333. The third-order valence-electron chi connectivity index (χ3n) is 1.97. The van der Waals surface area contributed by atoms with Crippen LogP contribution in [0.4, 0.5) is 13.2 Å². The second-order valence-electron chi connectivity index (χ2n) is 2.93. The van der Waals surface area contributed by atoms with Gasteiger partial charge < -0.3 is 10.2 Å². The fourth-order valence-corrected chi connectivity index (χ4v) is 1.08. The van der Waals surface area contributed by atoms with Gasteiger partial charge in [-0.15, -0.1) is 0 Å². The van der Waals surface area contributed by atoms with E-state index in [9.17, 15) is 13.2 Å². The molecule has 0 aliphatic heterocycles. The second kappa shape index (κ2) is 3.49. The Bertz CT molecular complexity index is 340. The van der Waals surface area contributed by atoms with E-state index in [-0.39, 0.29) is 0 Å². The lowest BCUT2D eigenvalue weighted by Gasteiger charge is -2.16. The van der Waals surface area contributed by atoms with Gasteiger partial charge in [0.2, 0.25) is 0 Å². The van der Waals surface area contributed by atoms with Crippen LogP contribution < -0.4 is 5.73 Å². The molecule has 0 bridgehead atoms. The maximum absolute atomic E-state index is 12.2. The molecule has 0 aliphatic rings. The number of hydrogen-bond acceptors (Lipinski definition) is 2. The van der Waals surface area contributed by atoms with E-state index in [4.69, 9.17) is 10.2 Å². The lowest BCUT2D eigenvalue weighted by molar-refractivity contribution is -0.0953. The van der Waals surface area contributed by atoms with Gasteiger partial charge in [0.05, 0.1) is 12.3 Å². The van der Waals surface area contributed by atoms with Crippen molar-refractivity contribution in [3.63, 3.8) is 0 Å². The van der Waals surface area contributed by atoms with E-state index in [0.29, 0.717) is 11.3 Å². The Morgan fingerprint density at radius 2 is 2.14 bits per heavy atom. The molecule has 0 saturated heterocycles. The molecule has 1 heterocycles. The van der Waals surface area contributed by atoms with Crippen LogP contribution in [-0.4, -0.2) is 6.18 Å². The van der Waals surface area contributed by atoms with Crippen molar-refractivity contribution in [1.82, 2.24) is 0 Å². The van der Waals surface area contributed by atoms with E-state index in [0.717, 1.165) is 0 Å². The van der Waals surface area contributed by atoms with Gasteiger partial charge in [0.1, 0.15) is 5.76 Å². The van der Waals surface area contributed by atoms with Gasteiger partial charge in [-0.05, 0) is 13.0 Å². The predicted octanol–water partition coefficient (Wildman–Crippen LogP) is 2.71. The first-order chi connectivity index (χ1) is 6.34. The molecule has 1 rings (SSSR count). The van der Waals surface area contributed by atoms with Crippen LogP contribution in [0.15, 0.2) is 28.9 Å². The van der Waals surface area contributed by atoms with E-state index in [2.05, 4.69) is 6.58 Å². The molecule has 14 heavy (non-hydrogen) atoms. The molecule has 1 aromatic heterocycles. The number of halogens is 3. The summed E-state index contributed by atoms with van der Waals surface area (Å²) >= 11 is 0.